The molecule has 0 aliphatic rings. The Hall–Kier alpha value is -5.92. The average molecular weight is 590 g/mol. The molecule has 0 aromatic heterocycles. The fraction of sp³-hybridized carbons (Fsp3) is 0.0222. The highest BCUT2D eigenvalue weighted by Gasteiger charge is 2.17. The summed E-state index contributed by atoms with van der Waals surface area (Å²) in [6.07, 6.45) is 0. The molecule has 0 heterocycles. The van der Waals surface area contributed by atoms with Crippen molar-refractivity contribution in [2.75, 3.05) is 4.90 Å². The van der Waals surface area contributed by atoms with E-state index in [4.69, 9.17) is 0 Å². The zero-order valence-electron chi connectivity index (χ0n) is 25.9. The van der Waals surface area contributed by atoms with Gasteiger partial charge in [0.1, 0.15) is 0 Å². The monoisotopic (exact) mass is 589 g/mol. The summed E-state index contributed by atoms with van der Waals surface area (Å²) >= 11 is 0. The van der Waals surface area contributed by atoms with Gasteiger partial charge in [-0.25, -0.2) is 0 Å². The molecule has 46 heavy (non-hydrogen) atoms. The highest BCUT2D eigenvalue weighted by atomic mass is 15.1. The van der Waals surface area contributed by atoms with Gasteiger partial charge < -0.3 is 4.90 Å². The standard InChI is InChI=1S/C45H35N/c1-34-22-30-42(31-23-34)46(41-20-12-5-13-21-41)43-32-28-36(29-33-43)35-24-26-40(27-25-35)45(39-18-10-4-11-19-39)44(37-14-6-2-7-15-37)38-16-8-3-9-17-38/h2-33H,1H3. The molecule has 7 aromatic carbocycles. The first kappa shape index (κ1) is 28.8. The van der Waals surface area contributed by atoms with Crippen LogP contribution < -0.4 is 4.90 Å². The summed E-state index contributed by atoms with van der Waals surface area (Å²) in [7, 11) is 0. The summed E-state index contributed by atoms with van der Waals surface area (Å²) < 4.78 is 0. The maximum atomic E-state index is 2.30. The fourth-order valence-corrected chi connectivity index (χ4v) is 6.08. The predicted octanol–water partition coefficient (Wildman–Crippen LogP) is 12.1. The van der Waals surface area contributed by atoms with Crippen molar-refractivity contribution in [2.45, 2.75) is 6.92 Å². The zero-order valence-corrected chi connectivity index (χ0v) is 25.9. The van der Waals surface area contributed by atoms with Gasteiger partial charge in [-0.3, -0.25) is 0 Å². The van der Waals surface area contributed by atoms with Crippen molar-refractivity contribution in [3.05, 3.63) is 222 Å². The second-order valence-corrected chi connectivity index (χ2v) is 11.5. The molecule has 0 radical (unpaired) electrons. The summed E-state index contributed by atoms with van der Waals surface area (Å²) in [4.78, 5) is 2.30. The van der Waals surface area contributed by atoms with Gasteiger partial charge in [0, 0.05) is 17.1 Å². The quantitative estimate of drug-likeness (QED) is 0.159. The molecule has 0 spiro atoms. The first-order valence-corrected chi connectivity index (χ1v) is 15.8. The Balaban J connectivity index is 1.28. The second-order valence-electron chi connectivity index (χ2n) is 11.5. The minimum atomic E-state index is 1.13. The third-order valence-corrected chi connectivity index (χ3v) is 8.38. The van der Waals surface area contributed by atoms with Crippen LogP contribution in [-0.4, -0.2) is 0 Å². The van der Waals surface area contributed by atoms with E-state index in [2.05, 4.69) is 206 Å². The molecule has 0 aliphatic heterocycles. The largest absolute Gasteiger partial charge is 0.311 e. The van der Waals surface area contributed by atoms with E-state index in [9.17, 15) is 0 Å². The molecule has 220 valence electrons. The molecule has 0 fully saturated rings. The van der Waals surface area contributed by atoms with Crippen LogP contribution in [0, 0.1) is 6.92 Å². The molecule has 0 atom stereocenters. The van der Waals surface area contributed by atoms with Gasteiger partial charge in [0.15, 0.2) is 0 Å². The van der Waals surface area contributed by atoms with Crippen molar-refractivity contribution >= 4 is 28.2 Å². The fourth-order valence-electron chi connectivity index (χ4n) is 6.08. The van der Waals surface area contributed by atoms with Gasteiger partial charge in [-0.2, -0.15) is 0 Å². The Morgan fingerprint density at radius 1 is 0.304 bits per heavy atom. The van der Waals surface area contributed by atoms with Crippen LogP contribution >= 0.6 is 0 Å². The number of hydrogen-bond donors (Lipinski definition) is 0. The Bertz CT molecular complexity index is 1990. The van der Waals surface area contributed by atoms with Crippen molar-refractivity contribution in [3.8, 4) is 11.1 Å². The van der Waals surface area contributed by atoms with Crippen molar-refractivity contribution in [3.63, 3.8) is 0 Å². The number of nitrogens with zero attached hydrogens (tertiary/aromatic N) is 1. The zero-order chi connectivity index (χ0) is 31.1. The van der Waals surface area contributed by atoms with Crippen molar-refractivity contribution in [1.82, 2.24) is 0 Å². The maximum absolute atomic E-state index is 2.30. The number of benzene rings is 7. The Morgan fingerprint density at radius 3 is 1.02 bits per heavy atom. The van der Waals surface area contributed by atoms with Crippen LogP contribution in [0.4, 0.5) is 17.1 Å². The van der Waals surface area contributed by atoms with E-state index in [0.29, 0.717) is 0 Å². The van der Waals surface area contributed by atoms with Crippen LogP contribution in [0.25, 0.3) is 22.3 Å². The normalized spacial score (nSPS) is 10.7. The van der Waals surface area contributed by atoms with Crippen LogP contribution in [0.1, 0.15) is 27.8 Å². The van der Waals surface area contributed by atoms with Gasteiger partial charge in [-0.15, -0.1) is 0 Å². The number of para-hydroxylation sites is 1. The molecule has 7 rings (SSSR count). The van der Waals surface area contributed by atoms with Crippen molar-refractivity contribution in [1.29, 1.82) is 0 Å². The van der Waals surface area contributed by atoms with E-state index in [-0.39, 0.29) is 0 Å². The summed E-state index contributed by atoms with van der Waals surface area (Å²) in [5.74, 6) is 0. The number of hydrogen-bond acceptors (Lipinski definition) is 1. The molecule has 0 saturated heterocycles. The Kier molecular flexibility index (Phi) is 8.39. The van der Waals surface area contributed by atoms with Crippen LogP contribution in [0.3, 0.4) is 0 Å². The number of rotatable bonds is 8. The van der Waals surface area contributed by atoms with Gasteiger partial charge in [0.2, 0.25) is 0 Å². The highest BCUT2D eigenvalue weighted by Crippen LogP contribution is 2.38. The molecule has 1 heteroatoms. The minimum absolute atomic E-state index is 1.13. The first-order valence-electron chi connectivity index (χ1n) is 15.8. The molecule has 0 unspecified atom stereocenters. The third kappa shape index (κ3) is 6.18. The molecular weight excluding hydrogens is 555 g/mol. The molecule has 1 nitrogen and oxygen atoms in total. The molecule has 0 saturated carbocycles. The lowest BCUT2D eigenvalue weighted by Gasteiger charge is -2.25. The van der Waals surface area contributed by atoms with E-state index >= 15 is 0 Å². The van der Waals surface area contributed by atoms with Crippen molar-refractivity contribution < 1.29 is 0 Å². The maximum Gasteiger partial charge on any atom is 0.0462 e. The third-order valence-electron chi connectivity index (χ3n) is 8.38. The number of anilines is 3. The van der Waals surface area contributed by atoms with Crippen LogP contribution in [0.2, 0.25) is 0 Å². The van der Waals surface area contributed by atoms with Gasteiger partial charge in [0.25, 0.3) is 0 Å². The molecule has 0 bridgehead atoms. The summed E-state index contributed by atoms with van der Waals surface area (Å²) in [5.41, 5.74) is 14.2. The van der Waals surface area contributed by atoms with Gasteiger partial charge in [0.05, 0.1) is 0 Å². The lowest BCUT2D eigenvalue weighted by atomic mass is 9.85. The average Bonchev–Trinajstić information content (AvgIpc) is 3.13. The van der Waals surface area contributed by atoms with Gasteiger partial charge in [-0.05, 0) is 87.8 Å². The highest BCUT2D eigenvalue weighted by molar-refractivity contribution is 6.04. The topological polar surface area (TPSA) is 3.24 Å². The van der Waals surface area contributed by atoms with Crippen LogP contribution in [0.5, 0.6) is 0 Å². The van der Waals surface area contributed by atoms with Crippen LogP contribution in [0.15, 0.2) is 194 Å². The van der Waals surface area contributed by atoms with E-state index in [1.54, 1.807) is 0 Å². The van der Waals surface area contributed by atoms with E-state index in [0.717, 1.165) is 17.1 Å². The summed E-state index contributed by atoms with van der Waals surface area (Å²) in [5, 5.41) is 0. The lowest BCUT2D eigenvalue weighted by molar-refractivity contribution is 1.27. The van der Waals surface area contributed by atoms with Gasteiger partial charge in [-0.1, -0.05) is 163 Å². The Morgan fingerprint density at radius 2 is 0.609 bits per heavy atom. The molecule has 0 N–H and O–H groups in total. The lowest BCUT2D eigenvalue weighted by Crippen LogP contribution is -2.09. The minimum Gasteiger partial charge on any atom is -0.311 e. The predicted molar refractivity (Wildman–Crippen MR) is 196 cm³/mol. The van der Waals surface area contributed by atoms with E-state index in [1.165, 1.54) is 50.1 Å². The van der Waals surface area contributed by atoms with Crippen LogP contribution in [-0.2, 0) is 0 Å². The Labute approximate surface area is 272 Å². The number of aryl methyl sites for hydroxylation is 1. The molecule has 0 aliphatic carbocycles. The molecular formula is C45H35N. The SMILES string of the molecule is Cc1ccc(N(c2ccccc2)c2ccc(-c3ccc(C(=C(c4ccccc4)c4ccccc4)c4ccccc4)cc3)cc2)cc1. The summed E-state index contributed by atoms with van der Waals surface area (Å²) in [6, 6.07) is 69.3. The van der Waals surface area contributed by atoms with E-state index < -0.39 is 0 Å². The first-order chi connectivity index (χ1) is 22.7. The molecule has 0 amide bonds. The van der Waals surface area contributed by atoms with Crippen molar-refractivity contribution in [2.24, 2.45) is 0 Å². The van der Waals surface area contributed by atoms with E-state index in [1.807, 2.05) is 0 Å². The molecule has 7 aromatic rings. The van der Waals surface area contributed by atoms with Gasteiger partial charge >= 0.3 is 0 Å². The second kappa shape index (κ2) is 13.4. The summed E-state index contributed by atoms with van der Waals surface area (Å²) in [6.45, 7) is 2.12. The smallest absolute Gasteiger partial charge is 0.0462 e.